The average molecular weight is 655 g/mol. The van der Waals surface area contributed by atoms with Crippen molar-refractivity contribution in [2.24, 2.45) is 0 Å². The van der Waals surface area contributed by atoms with Crippen LogP contribution in [-0.4, -0.2) is 30.3 Å². The van der Waals surface area contributed by atoms with Gasteiger partial charge in [0.05, 0.1) is 21.5 Å². The van der Waals surface area contributed by atoms with Crippen LogP contribution in [0.4, 0.5) is 21.9 Å². The minimum absolute atomic E-state index is 0.141. The lowest BCUT2D eigenvalue weighted by Gasteiger charge is -2.25. The molecule has 4 aromatic carbocycles. The molecule has 8 nitrogen and oxygen atoms in total. The van der Waals surface area contributed by atoms with Gasteiger partial charge in [-0.1, -0.05) is 64.5 Å². The summed E-state index contributed by atoms with van der Waals surface area (Å²) in [5, 5.41) is 18.1. The zero-order valence-electron chi connectivity index (χ0n) is 20.7. The summed E-state index contributed by atoms with van der Waals surface area (Å²) >= 11 is 6.73. The molecule has 2 atom stereocenters. The summed E-state index contributed by atoms with van der Waals surface area (Å²) in [4.78, 5) is 25.8. The molecule has 4 rings (SSSR count). The Kier molecular flexibility index (Phi) is 9.23. The number of hydrogen-bond donors (Lipinski definition) is 4. The van der Waals surface area contributed by atoms with Gasteiger partial charge in [0.1, 0.15) is 11.9 Å². The molecule has 0 aliphatic heterocycles. The highest BCUT2D eigenvalue weighted by atomic mass is 79.9. The Bertz CT molecular complexity index is 1540. The van der Waals surface area contributed by atoms with Gasteiger partial charge in [-0.25, -0.2) is 4.79 Å². The molecule has 5 N–H and O–H groups in total. The number of rotatable bonds is 8. The number of nitrogen functional groups attached to an aromatic ring is 1. The molecule has 4 aromatic rings. The van der Waals surface area contributed by atoms with E-state index in [0.29, 0.717) is 26.0 Å². The van der Waals surface area contributed by atoms with E-state index in [-0.39, 0.29) is 11.3 Å². The normalized spacial score (nSPS) is 12.7. The maximum absolute atomic E-state index is 13.1. The lowest BCUT2D eigenvalue weighted by molar-refractivity contribution is -0.112. The van der Waals surface area contributed by atoms with E-state index in [1.54, 1.807) is 42.5 Å². The van der Waals surface area contributed by atoms with Gasteiger partial charge in [-0.3, -0.25) is 10.1 Å². The van der Waals surface area contributed by atoms with Crippen molar-refractivity contribution in [1.82, 2.24) is 0 Å². The van der Waals surface area contributed by atoms with Crippen LogP contribution in [0.25, 0.3) is 10.8 Å². The smallest absolute Gasteiger partial charge is 0.412 e. The minimum atomic E-state index is -1.13. The van der Waals surface area contributed by atoms with Crippen molar-refractivity contribution in [1.29, 1.82) is 0 Å². The SMILES string of the molecule is CO[C@H](/C=C/C(=O)Nc1ccccc1N)[C@H](OC(=O)Nc1cccc2ccccc12)c1cc(Br)cc(Br)c1O. The molecule has 0 saturated heterocycles. The third kappa shape index (κ3) is 6.97. The van der Waals surface area contributed by atoms with Crippen LogP contribution in [0.5, 0.6) is 5.75 Å². The first-order valence-electron chi connectivity index (χ1n) is 11.8. The molecule has 39 heavy (non-hydrogen) atoms. The number of ether oxygens (including phenoxy) is 2. The van der Waals surface area contributed by atoms with Crippen molar-refractivity contribution in [3.63, 3.8) is 0 Å². The summed E-state index contributed by atoms with van der Waals surface area (Å²) in [6.07, 6.45) is -0.162. The second-order valence-electron chi connectivity index (χ2n) is 8.44. The van der Waals surface area contributed by atoms with Gasteiger partial charge in [-0.05, 0) is 57.7 Å². The van der Waals surface area contributed by atoms with Gasteiger partial charge in [0.2, 0.25) is 5.91 Å². The number of phenols is 1. The van der Waals surface area contributed by atoms with E-state index in [4.69, 9.17) is 15.2 Å². The fourth-order valence-corrected chi connectivity index (χ4v) is 5.23. The van der Waals surface area contributed by atoms with Crippen LogP contribution in [0.15, 0.2) is 100.0 Å². The number of para-hydroxylation sites is 2. The molecule has 0 heterocycles. The molecule has 0 radical (unpaired) electrons. The number of nitrogens with one attached hydrogen (secondary N) is 2. The molecule has 0 aromatic heterocycles. The molecule has 0 spiro atoms. The largest absolute Gasteiger partial charge is 0.506 e. The predicted molar refractivity (Wildman–Crippen MR) is 160 cm³/mol. The number of anilines is 3. The van der Waals surface area contributed by atoms with Crippen LogP contribution in [0.1, 0.15) is 11.7 Å². The fraction of sp³-hybridized carbons (Fsp3) is 0.103. The Labute approximate surface area is 242 Å². The van der Waals surface area contributed by atoms with Gasteiger partial charge in [-0.15, -0.1) is 0 Å². The highest BCUT2D eigenvalue weighted by Gasteiger charge is 2.30. The molecule has 0 aliphatic carbocycles. The Balaban J connectivity index is 1.62. The van der Waals surface area contributed by atoms with Crippen molar-refractivity contribution in [3.05, 3.63) is 106 Å². The maximum Gasteiger partial charge on any atom is 0.412 e. The maximum atomic E-state index is 13.1. The van der Waals surface area contributed by atoms with Crippen molar-refractivity contribution >= 4 is 71.7 Å². The zero-order valence-corrected chi connectivity index (χ0v) is 23.9. The second-order valence-corrected chi connectivity index (χ2v) is 10.2. The average Bonchev–Trinajstić information content (AvgIpc) is 2.92. The summed E-state index contributed by atoms with van der Waals surface area (Å²) in [5.41, 5.74) is 7.59. The highest BCUT2D eigenvalue weighted by Crippen LogP contribution is 2.39. The quantitative estimate of drug-likeness (QED) is 0.118. The van der Waals surface area contributed by atoms with Crippen LogP contribution in [0.2, 0.25) is 0 Å². The number of hydrogen-bond acceptors (Lipinski definition) is 6. The summed E-state index contributed by atoms with van der Waals surface area (Å²) in [7, 11) is 1.41. The second kappa shape index (κ2) is 12.8. The standard InChI is InChI=1S/C29H25Br2N3O5/c1-38-25(13-14-26(35)33-24-11-5-4-10-22(24)32)28(20-15-18(30)16-21(31)27(20)36)39-29(37)34-23-12-6-8-17-7-2-3-9-19(17)23/h2-16,25,28,36H,32H2,1H3,(H,33,35)(H,34,37)/b14-13+/t25-,28-/m1/s1. The van der Waals surface area contributed by atoms with E-state index in [1.807, 2.05) is 36.4 Å². The van der Waals surface area contributed by atoms with Gasteiger partial charge in [0, 0.05) is 28.6 Å². The van der Waals surface area contributed by atoms with E-state index >= 15 is 0 Å². The summed E-state index contributed by atoms with van der Waals surface area (Å²) in [6, 6.07) is 23.3. The van der Waals surface area contributed by atoms with Gasteiger partial charge in [0.25, 0.3) is 0 Å². The molecule has 0 aliphatic rings. The number of halogens is 2. The number of phenolic OH excluding ortho intramolecular Hbond substituents is 1. The predicted octanol–water partition coefficient (Wildman–Crippen LogP) is 7.15. The van der Waals surface area contributed by atoms with Crippen LogP contribution >= 0.6 is 31.9 Å². The highest BCUT2D eigenvalue weighted by molar-refractivity contribution is 9.11. The van der Waals surface area contributed by atoms with Gasteiger partial charge >= 0.3 is 6.09 Å². The molecule has 0 fully saturated rings. The Hall–Kier alpha value is -3.86. The van der Waals surface area contributed by atoms with E-state index in [1.165, 1.54) is 19.3 Å². The zero-order chi connectivity index (χ0) is 27.9. The topological polar surface area (TPSA) is 123 Å². The monoisotopic (exact) mass is 653 g/mol. The molecule has 0 bridgehead atoms. The third-order valence-corrected chi connectivity index (χ3v) is 6.91. The van der Waals surface area contributed by atoms with Crippen molar-refractivity contribution in [3.8, 4) is 5.75 Å². The lowest BCUT2D eigenvalue weighted by atomic mass is 10.0. The van der Waals surface area contributed by atoms with Crippen LogP contribution in [-0.2, 0) is 14.3 Å². The van der Waals surface area contributed by atoms with Gasteiger partial charge in [0.15, 0.2) is 6.10 Å². The number of nitrogens with two attached hydrogens (primary N) is 1. The molecular weight excluding hydrogens is 630 g/mol. The Morgan fingerprint density at radius 2 is 1.64 bits per heavy atom. The van der Waals surface area contributed by atoms with E-state index in [0.717, 1.165) is 10.8 Å². The van der Waals surface area contributed by atoms with Crippen LogP contribution in [0, 0.1) is 0 Å². The van der Waals surface area contributed by atoms with Crippen LogP contribution < -0.4 is 16.4 Å². The first-order chi connectivity index (χ1) is 18.8. The number of amides is 2. The molecule has 0 unspecified atom stereocenters. The number of aromatic hydroxyl groups is 1. The summed E-state index contributed by atoms with van der Waals surface area (Å²) in [6.45, 7) is 0. The van der Waals surface area contributed by atoms with Gasteiger partial charge in [-0.2, -0.15) is 0 Å². The van der Waals surface area contributed by atoms with E-state index < -0.39 is 24.2 Å². The van der Waals surface area contributed by atoms with E-state index in [2.05, 4.69) is 42.5 Å². The molecule has 2 amide bonds. The van der Waals surface area contributed by atoms with Crippen molar-refractivity contribution in [2.75, 3.05) is 23.5 Å². The first-order valence-corrected chi connectivity index (χ1v) is 13.3. The number of carbonyl (C=O) groups is 2. The van der Waals surface area contributed by atoms with Gasteiger partial charge < -0.3 is 25.6 Å². The number of fused-ring (bicyclic) bond motifs is 1. The molecule has 200 valence electrons. The Morgan fingerprint density at radius 1 is 0.949 bits per heavy atom. The number of benzene rings is 4. The fourth-order valence-electron chi connectivity index (χ4n) is 3.97. The molecular formula is C29H25Br2N3O5. The number of methoxy groups -OCH3 is 1. The number of carbonyl (C=O) groups excluding carboxylic acids is 2. The van der Waals surface area contributed by atoms with Crippen molar-refractivity contribution in [2.45, 2.75) is 12.2 Å². The first kappa shape index (κ1) is 28.2. The Morgan fingerprint density at radius 3 is 2.41 bits per heavy atom. The third-order valence-electron chi connectivity index (χ3n) is 5.85. The molecule has 10 heteroatoms. The molecule has 0 saturated carbocycles. The van der Waals surface area contributed by atoms with Crippen molar-refractivity contribution < 1.29 is 24.2 Å². The van der Waals surface area contributed by atoms with Crippen LogP contribution in [0.3, 0.4) is 0 Å². The lowest BCUT2D eigenvalue weighted by Crippen LogP contribution is -2.27. The summed E-state index contributed by atoms with van der Waals surface area (Å²) < 4.78 is 12.4. The minimum Gasteiger partial charge on any atom is -0.506 e. The van der Waals surface area contributed by atoms with E-state index in [9.17, 15) is 14.7 Å². The summed E-state index contributed by atoms with van der Waals surface area (Å²) in [5.74, 6) is -0.605.